The summed E-state index contributed by atoms with van der Waals surface area (Å²) in [6.45, 7) is 3.77. The maximum absolute atomic E-state index is 13.3. The van der Waals surface area contributed by atoms with E-state index in [4.69, 9.17) is 0 Å². The van der Waals surface area contributed by atoms with Crippen LogP contribution in [0.15, 0.2) is 78.1 Å². The molecule has 9 nitrogen and oxygen atoms in total. The second-order valence-corrected chi connectivity index (χ2v) is 10.1. The number of rotatable bonds is 8. The summed E-state index contributed by atoms with van der Waals surface area (Å²) >= 11 is 0. The van der Waals surface area contributed by atoms with Gasteiger partial charge in [-0.1, -0.05) is 30.3 Å². The zero-order valence-electron chi connectivity index (χ0n) is 19.4. The molecule has 4 rings (SSSR count). The van der Waals surface area contributed by atoms with E-state index in [1.54, 1.807) is 24.3 Å². The number of carbonyl (C=O) groups is 2. The topological polar surface area (TPSA) is 113 Å². The van der Waals surface area contributed by atoms with Gasteiger partial charge in [0.15, 0.2) is 0 Å². The largest absolute Gasteiger partial charge is 0.368 e. The molecule has 1 fully saturated rings. The fourth-order valence-corrected chi connectivity index (χ4v) is 5.12. The number of amides is 1. The van der Waals surface area contributed by atoms with E-state index in [1.807, 2.05) is 35.2 Å². The fourth-order valence-electron chi connectivity index (χ4n) is 4.11. The summed E-state index contributed by atoms with van der Waals surface area (Å²) < 4.78 is 27.7. The Morgan fingerprint density at radius 3 is 2.29 bits per heavy atom. The molecule has 184 valence electrons. The Hall–Kier alpha value is -3.79. The van der Waals surface area contributed by atoms with Crippen molar-refractivity contribution in [2.45, 2.75) is 24.2 Å². The third-order valence-corrected chi connectivity index (χ3v) is 7.29. The van der Waals surface area contributed by atoms with Crippen LogP contribution >= 0.6 is 0 Å². The monoisotopic (exact) mass is 495 g/mol. The SMILES string of the molecule is CC(=O)CC(C(=O)N1CCN(c2ccc(S(=O)(=O)Nc3ccncn3)cc2)CC1)c1ccccc1.[HH]. The molecule has 1 N–H and O–H groups in total. The van der Waals surface area contributed by atoms with E-state index in [9.17, 15) is 18.0 Å². The van der Waals surface area contributed by atoms with Crippen LogP contribution in [0.1, 0.15) is 26.3 Å². The van der Waals surface area contributed by atoms with Crippen molar-refractivity contribution in [2.24, 2.45) is 0 Å². The molecule has 3 aromatic rings. The summed E-state index contributed by atoms with van der Waals surface area (Å²) in [6.07, 6.45) is 2.91. The lowest BCUT2D eigenvalue weighted by Crippen LogP contribution is -2.50. The maximum atomic E-state index is 13.3. The van der Waals surface area contributed by atoms with E-state index in [2.05, 4.69) is 19.6 Å². The molecule has 0 aliphatic carbocycles. The molecule has 1 atom stereocenters. The minimum absolute atomic E-state index is 0. The molecule has 1 aliphatic rings. The lowest BCUT2D eigenvalue weighted by Gasteiger charge is -2.37. The zero-order valence-corrected chi connectivity index (χ0v) is 20.2. The third kappa shape index (κ3) is 6.02. The number of hydrogen-bond acceptors (Lipinski definition) is 7. The predicted octanol–water partition coefficient (Wildman–Crippen LogP) is 2.93. The number of benzene rings is 2. The first-order valence-electron chi connectivity index (χ1n) is 11.3. The summed E-state index contributed by atoms with van der Waals surface area (Å²) in [4.78, 5) is 36.8. The van der Waals surface area contributed by atoms with E-state index in [-0.39, 0.29) is 30.3 Å². The first kappa shape index (κ1) is 24.3. The van der Waals surface area contributed by atoms with Crippen molar-refractivity contribution in [3.63, 3.8) is 0 Å². The van der Waals surface area contributed by atoms with Gasteiger partial charge < -0.3 is 9.80 Å². The van der Waals surface area contributed by atoms with Gasteiger partial charge in [0.2, 0.25) is 5.91 Å². The second-order valence-electron chi connectivity index (χ2n) is 8.38. The van der Waals surface area contributed by atoms with Crippen LogP contribution in [0.4, 0.5) is 11.5 Å². The van der Waals surface area contributed by atoms with Crippen molar-refractivity contribution in [1.29, 1.82) is 0 Å². The quantitative estimate of drug-likeness (QED) is 0.511. The van der Waals surface area contributed by atoms with Crippen molar-refractivity contribution in [3.8, 4) is 0 Å². The Bertz CT molecular complexity index is 1270. The van der Waals surface area contributed by atoms with Crippen LogP contribution in [0.5, 0.6) is 0 Å². The molecule has 1 saturated heterocycles. The highest BCUT2D eigenvalue weighted by molar-refractivity contribution is 7.92. The van der Waals surface area contributed by atoms with Gasteiger partial charge in [-0.05, 0) is 42.8 Å². The zero-order chi connectivity index (χ0) is 24.8. The number of hydrogen-bond donors (Lipinski definition) is 1. The number of Topliss-reactive ketones (excluding diaryl/α,β-unsaturated/α-hetero) is 1. The van der Waals surface area contributed by atoms with Crippen molar-refractivity contribution in [3.05, 3.63) is 78.8 Å². The van der Waals surface area contributed by atoms with Crippen LogP contribution in [0.3, 0.4) is 0 Å². The van der Waals surface area contributed by atoms with Crippen LogP contribution in [-0.2, 0) is 19.6 Å². The fraction of sp³-hybridized carbons (Fsp3) is 0.280. The highest BCUT2D eigenvalue weighted by Gasteiger charge is 2.29. The average molecular weight is 496 g/mol. The average Bonchev–Trinajstić information content (AvgIpc) is 2.88. The first-order chi connectivity index (χ1) is 16.8. The molecule has 0 spiro atoms. The molecule has 0 bridgehead atoms. The van der Waals surface area contributed by atoms with Crippen molar-refractivity contribution < 1.29 is 19.4 Å². The molecule has 0 saturated carbocycles. The molecule has 35 heavy (non-hydrogen) atoms. The molecule has 2 aromatic carbocycles. The van der Waals surface area contributed by atoms with Crippen molar-refractivity contribution >= 4 is 33.2 Å². The van der Waals surface area contributed by atoms with Crippen LogP contribution in [0, 0.1) is 0 Å². The number of nitrogens with one attached hydrogen (secondary N) is 1. The predicted molar refractivity (Wildman–Crippen MR) is 135 cm³/mol. The minimum Gasteiger partial charge on any atom is -0.368 e. The lowest BCUT2D eigenvalue weighted by atomic mass is 9.92. The maximum Gasteiger partial charge on any atom is 0.263 e. The van der Waals surface area contributed by atoms with Gasteiger partial charge in [0.1, 0.15) is 17.9 Å². The highest BCUT2D eigenvalue weighted by Crippen LogP contribution is 2.25. The number of piperazine rings is 1. The first-order valence-corrected chi connectivity index (χ1v) is 12.8. The van der Waals surface area contributed by atoms with Crippen LogP contribution in [0.25, 0.3) is 0 Å². The summed E-state index contributed by atoms with van der Waals surface area (Å²) in [5, 5.41) is 0. The summed E-state index contributed by atoms with van der Waals surface area (Å²) in [6, 6.07) is 17.5. The van der Waals surface area contributed by atoms with Crippen molar-refractivity contribution in [1.82, 2.24) is 14.9 Å². The number of anilines is 2. The van der Waals surface area contributed by atoms with Gasteiger partial charge in [-0.25, -0.2) is 18.4 Å². The molecular weight excluding hydrogens is 466 g/mol. The number of carbonyl (C=O) groups excluding carboxylic acids is 2. The number of ketones is 1. The number of sulfonamides is 1. The van der Waals surface area contributed by atoms with Gasteiger partial charge in [-0.15, -0.1) is 0 Å². The standard InChI is InChI=1S/C25H27N5O4S.H2/c1-19(31)17-23(20-5-3-2-4-6-20)25(32)30-15-13-29(14-16-30)21-7-9-22(10-8-21)35(33,34)28-24-11-12-26-18-27-24;/h2-12,18,23H,13-17H2,1H3,(H,26,27,28);1H. The molecule has 1 aliphatic heterocycles. The van der Waals surface area contributed by atoms with E-state index >= 15 is 0 Å². The molecular formula is C25H29N5O4S. The van der Waals surface area contributed by atoms with Gasteiger partial charge in [0.05, 0.1) is 10.8 Å². The highest BCUT2D eigenvalue weighted by atomic mass is 32.2. The normalized spacial score (nSPS) is 14.9. The molecule has 10 heteroatoms. The Labute approximate surface area is 206 Å². The molecule has 2 heterocycles. The summed E-state index contributed by atoms with van der Waals surface area (Å²) in [5.41, 5.74) is 1.73. The summed E-state index contributed by atoms with van der Waals surface area (Å²) in [5.74, 6) is -0.339. The van der Waals surface area contributed by atoms with Crippen molar-refractivity contribution in [2.75, 3.05) is 35.8 Å². The van der Waals surface area contributed by atoms with Gasteiger partial charge in [0.25, 0.3) is 10.0 Å². The van der Waals surface area contributed by atoms with Gasteiger partial charge in [-0.2, -0.15) is 0 Å². The van der Waals surface area contributed by atoms with Gasteiger partial charge >= 0.3 is 0 Å². The number of aromatic nitrogens is 2. The minimum atomic E-state index is -3.77. The van der Waals surface area contributed by atoms with E-state index < -0.39 is 15.9 Å². The molecule has 0 radical (unpaired) electrons. The molecule has 1 amide bonds. The molecule has 1 aromatic heterocycles. The Morgan fingerprint density at radius 1 is 1.00 bits per heavy atom. The van der Waals surface area contributed by atoms with Gasteiger partial charge in [0, 0.05) is 45.9 Å². The summed E-state index contributed by atoms with van der Waals surface area (Å²) in [7, 11) is -3.77. The van der Waals surface area contributed by atoms with Crippen LogP contribution in [0.2, 0.25) is 0 Å². The third-order valence-electron chi connectivity index (χ3n) is 5.92. The Morgan fingerprint density at radius 2 is 1.69 bits per heavy atom. The Kier molecular flexibility index (Phi) is 7.40. The van der Waals surface area contributed by atoms with Crippen LogP contribution < -0.4 is 9.62 Å². The Balaban J connectivity index is 0.00000361. The van der Waals surface area contributed by atoms with E-state index in [0.717, 1.165) is 11.3 Å². The van der Waals surface area contributed by atoms with E-state index in [1.165, 1.54) is 25.5 Å². The van der Waals surface area contributed by atoms with Crippen LogP contribution in [-0.4, -0.2) is 61.2 Å². The van der Waals surface area contributed by atoms with Gasteiger partial charge in [-0.3, -0.25) is 14.3 Å². The number of nitrogens with zero attached hydrogens (tertiary/aromatic N) is 4. The second kappa shape index (κ2) is 10.6. The molecule has 1 unspecified atom stereocenters. The smallest absolute Gasteiger partial charge is 0.263 e. The lowest BCUT2D eigenvalue weighted by molar-refractivity contribution is -0.135. The van der Waals surface area contributed by atoms with E-state index in [0.29, 0.717) is 26.2 Å².